The molecular formula is C14H11BrF2O. The summed E-state index contributed by atoms with van der Waals surface area (Å²) in [7, 11) is 1.24. The second-order valence-electron chi connectivity index (χ2n) is 3.81. The van der Waals surface area contributed by atoms with E-state index in [4.69, 9.17) is 0 Å². The number of hydrogen-bond acceptors (Lipinski definition) is 1. The Morgan fingerprint density at radius 3 is 2.28 bits per heavy atom. The molecule has 1 nitrogen and oxygen atoms in total. The maximum atomic E-state index is 13.6. The monoisotopic (exact) mass is 312 g/mol. The first-order valence-corrected chi connectivity index (χ1v) is 6.46. The molecule has 0 spiro atoms. The molecule has 0 unspecified atom stereocenters. The molecule has 0 aliphatic carbocycles. The van der Waals surface area contributed by atoms with Crippen LogP contribution in [0.5, 0.6) is 5.75 Å². The number of hydrogen-bond donors (Lipinski definition) is 0. The van der Waals surface area contributed by atoms with Crippen LogP contribution in [0.4, 0.5) is 8.78 Å². The molecular weight excluding hydrogens is 302 g/mol. The molecule has 0 aliphatic heterocycles. The fourth-order valence-corrected chi connectivity index (χ4v) is 2.10. The topological polar surface area (TPSA) is 9.23 Å². The molecule has 2 aromatic carbocycles. The second-order valence-corrected chi connectivity index (χ2v) is 4.37. The van der Waals surface area contributed by atoms with Gasteiger partial charge in [0.15, 0.2) is 17.4 Å². The third-order valence-electron chi connectivity index (χ3n) is 2.62. The highest BCUT2D eigenvalue weighted by molar-refractivity contribution is 9.08. The summed E-state index contributed by atoms with van der Waals surface area (Å²) in [4.78, 5) is 0. The summed E-state index contributed by atoms with van der Waals surface area (Å²) >= 11 is 3.35. The first-order chi connectivity index (χ1) is 8.65. The average molecular weight is 313 g/mol. The van der Waals surface area contributed by atoms with Crippen molar-refractivity contribution in [3.8, 4) is 16.9 Å². The zero-order valence-electron chi connectivity index (χ0n) is 9.71. The summed E-state index contributed by atoms with van der Waals surface area (Å²) in [6.07, 6.45) is 0. The molecule has 0 heterocycles. The van der Waals surface area contributed by atoms with Crippen molar-refractivity contribution < 1.29 is 13.5 Å². The van der Waals surface area contributed by atoms with Crippen molar-refractivity contribution in [2.45, 2.75) is 5.33 Å². The van der Waals surface area contributed by atoms with E-state index in [9.17, 15) is 8.78 Å². The Balaban J connectivity index is 2.51. The van der Waals surface area contributed by atoms with Crippen LogP contribution in [0.15, 0.2) is 36.4 Å². The van der Waals surface area contributed by atoms with Crippen LogP contribution in [0.1, 0.15) is 5.56 Å². The number of methoxy groups -OCH3 is 1. The second kappa shape index (κ2) is 5.48. The van der Waals surface area contributed by atoms with Crippen molar-refractivity contribution >= 4 is 15.9 Å². The van der Waals surface area contributed by atoms with Crippen LogP contribution in [0.25, 0.3) is 11.1 Å². The highest BCUT2D eigenvalue weighted by Crippen LogP contribution is 2.29. The van der Waals surface area contributed by atoms with Gasteiger partial charge in [-0.3, -0.25) is 0 Å². The maximum Gasteiger partial charge on any atom is 0.190 e. The van der Waals surface area contributed by atoms with Gasteiger partial charge in [0, 0.05) is 5.33 Å². The largest absolute Gasteiger partial charge is 0.491 e. The summed E-state index contributed by atoms with van der Waals surface area (Å²) in [5.41, 5.74) is 2.31. The number of benzene rings is 2. The van der Waals surface area contributed by atoms with E-state index in [1.54, 1.807) is 0 Å². The molecule has 0 saturated heterocycles. The minimum atomic E-state index is -0.697. The van der Waals surface area contributed by atoms with Gasteiger partial charge in [0.2, 0.25) is 0 Å². The molecule has 0 atom stereocenters. The number of rotatable bonds is 3. The number of halogens is 3. The van der Waals surface area contributed by atoms with Gasteiger partial charge < -0.3 is 4.74 Å². The molecule has 4 heteroatoms. The lowest BCUT2D eigenvalue weighted by Gasteiger charge is -2.08. The van der Waals surface area contributed by atoms with Crippen molar-refractivity contribution in [2.24, 2.45) is 0 Å². The molecule has 0 radical (unpaired) electrons. The molecule has 2 aromatic rings. The van der Waals surface area contributed by atoms with E-state index in [0.29, 0.717) is 10.9 Å². The van der Waals surface area contributed by atoms with Crippen molar-refractivity contribution in [2.75, 3.05) is 7.11 Å². The third kappa shape index (κ3) is 2.53. The van der Waals surface area contributed by atoms with Gasteiger partial charge in [-0.05, 0) is 28.8 Å². The highest BCUT2D eigenvalue weighted by Gasteiger charge is 2.12. The van der Waals surface area contributed by atoms with Crippen molar-refractivity contribution in [1.82, 2.24) is 0 Å². The quantitative estimate of drug-likeness (QED) is 0.756. The van der Waals surface area contributed by atoms with E-state index < -0.39 is 11.6 Å². The van der Waals surface area contributed by atoms with Crippen LogP contribution < -0.4 is 4.74 Å². The highest BCUT2D eigenvalue weighted by atomic mass is 79.9. The lowest BCUT2D eigenvalue weighted by molar-refractivity contribution is 0.360. The van der Waals surface area contributed by atoms with E-state index in [2.05, 4.69) is 20.7 Å². The molecule has 0 N–H and O–H groups in total. The van der Waals surface area contributed by atoms with Gasteiger partial charge in [-0.25, -0.2) is 8.78 Å². The summed E-state index contributed by atoms with van der Waals surface area (Å²) < 4.78 is 31.9. The van der Waals surface area contributed by atoms with Crippen molar-refractivity contribution in [1.29, 1.82) is 0 Å². The fraction of sp³-hybridized carbons (Fsp3) is 0.143. The van der Waals surface area contributed by atoms with Crippen LogP contribution in [-0.4, -0.2) is 7.11 Å². The molecule has 0 aromatic heterocycles. The van der Waals surface area contributed by atoms with Crippen molar-refractivity contribution in [3.63, 3.8) is 0 Å². The van der Waals surface area contributed by atoms with Crippen LogP contribution >= 0.6 is 15.9 Å². The van der Waals surface area contributed by atoms with E-state index >= 15 is 0 Å². The molecule has 0 saturated carbocycles. The van der Waals surface area contributed by atoms with E-state index in [1.807, 2.05) is 24.3 Å². The Labute approximate surface area is 113 Å². The van der Waals surface area contributed by atoms with Crippen LogP contribution in [0.3, 0.4) is 0 Å². The smallest absolute Gasteiger partial charge is 0.190 e. The van der Waals surface area contributed by atoms with E-state index in [-0.39, 0.29) is 5.75 Å². The van der Waals surface area contributed by atoms with E-state index in [1.165, 1.54) is 19.2 Å². The first kappa shape index (κ1) is 13.0. The Morgan fingerprint density at radius 1 is 1.06 bits per heavy atom. The van der Waals surface area contributed by atoms with Crippen molar-refractivity contribution in [3.05, 3.63) is 53.6 Å². The lowest BCUT2D eigenvalue weighted by Crippen LogP contribution is -1.94. The molecule has 2 rings (SSSR count). The molecule has 0 amide bonds. The normalized spacial score (nSPS) is 10.4. The Hall–Kier alpha value is -1.42. The van der Waals surface area contributed by atoms with Gasteiger partial charge in [-0.2, -0.15) is 0 Å². The Bertz CT molecular complexity index is 546. The SMILES string of the molecule is COc1c(F)cc(-c2cccc(CBr)c2)cc1F. The molecule has 0 fully saturated rings. The van der Waals surface area contributed by atoms with Crippen LogP contribution in [0, 0.1) is 11.6 Å². The summed E-state index contributed by atoms with van der Waals surface area (Å²) in [6, 6.07) is 10.0. The van der Waals surface area contributed by atoms with Gasteiger partial charge in [0.25, 0.3) is 0 Å². The maximum absolute atomic E-state index is 13.6. The van der Waals surface area contributed by atoms with Gasteiger partial charge in [-0.1, -0.05) is 40.2 Å². The molecule has 0 aliphatic rings. The van der Waals surface area contributed by atoms with Gasteiger partial charge in [0.1, 0.15) is 0 Å². The lowest BCUT2D eigenvalue weighted by atomic mass is 10.0. The predicted molar refractivity (Wildman–Crippen MR) is 71.0 cm³/mol. The van der Waals surface area contributed by atoms with E-state index in [0.717, 1.165) is 11.1 Å². The first-order valence-electron chi connectivity index (χ1n) is 5.34. The average Bonchev–Trinajstić information content (AvgIpc) is 2.38. The molecule has 18 heavy (non-hydrogen) atoms. The zero-order chi connectivity index (χ0) is 13.1. The van der Waals surface area contributed by atoms with Crippen LogP contribution in [0.2, 0.25) is 0 Å². The number of alkyl halides is 1. The minimum absolute atomic E-state index is 0.351. The van der Waals surface area contributed by atoms with Crippen LogP contribution in [-0.2, 0) is 5.33 Å². The van der Waals surface area contributed by atoms with Gasteiger partial charge in [0.05, 0.1) is 7.11 Å². The minimum Gasteiger partial charge on any atom is -0.491 e. The summed E-state index contributed by atoms with van der Waals surface area (Å²) in [5, 5.41) is 0.696. The standard InChI is InChI=1S/C14H11BrF2O/c1-18-14-12(16)6-11(7-13(14)17)10-4-2-3-9(5-10)8-15/h2-7H,8H2,1H3. The number of ether oxygens (including phenoxy) is 1. The fourth-order valence-electron chi connectivity index (χ4n) is 1.76. The summed E-state index contributed by atoms with van der Waals surface area (Å²) in [5.74, 6) is -1.75. The zero-order valence-corrected chi connectivity index (χ0v) is 11.3. The molecule has 94 valence electrons. The predicted octanol–water partition coefficient (Wildman–Crippen LogP) is 4.54. The Morgan fingerprint density at radius 2 is 1.72 bits per heavy atom. The summed E-state index contributed by atoms with van der Waals surface area (Å²) in [6.45, 7) is 0. The van der Waals surface area contributed by atoms with Gasteiger partial charge in [-0.15, -0.1) is 0 Å². The molecule has 0 bridgehead atoms. The Kier molecular flexibility index (Phi) is 3.97. The van der Waals surface area contributed by atoms with Gasteiger partial charge >= 0.3 is 0 Å². The third-order valence-corrected chi connectivity index (χ3v) is 3.26.